The highest BCUT2D eigenvalue weighted by Gasteiger charge is 2.20. The molecule has 0 radical (unpaired) electrons. The summed E-state index contributed by atoms with van der Waals surface area (Å²) in [5, 5.41) is 5.80. The summed E-state index contributed by atoms with van der Waals surface area (Å²) in [5.74, 6) is 0.802. The summed E-state index contributed by atoms with van der Waals surface area (Å²) < 4.78 is 0. The first-order valence-electron chi connectivity index (χ1n) is 5.46. The minimum Gasteiger partial charge on any atom is -0.309 e. The number of carbonyl (C=O) groups excluding carboxylic acids is 1. The summed E-state index contributed by atoms with van der Waals surface area (Å²) >= 11 is 0. The fourth-order valence-corrected chi connectivity index (χ4v) is 1.58. The monoisotopic (exact) mass is 221 g/mol. The van der Waals surface area contributed by atoms with E-state index < -0.39 is 0 Å². The first-order valence-corrected chi connectivity index (χ1v) is 5.46. The molecule has 4 heteroatoms. The molecular formula is C12H19N3O. The fraction of sp³-hybridized carbons (Fsp3) is 0.500. The topological polar surface area (TPSA) is 54.0 Å². The van der Waals surface area contributed by atoms with Crippen LogP contribution in [0.5, 0.6) is 0 Å². The Hall–Kier alpha value is -1.42. The van der Waals surface area contributed by atoms with E-state index in [0.717, 1.165) is 5.69 Å². The smallest absolute Gasteiger partial charge is 0.242 e. The number of hydrogen-bond donors (Lipinski definition) is 2. The van der Waals surface area contributed by atoms with Crippen molar-refractivity contribution in [1.82, 2.24) is 10.3 Å². The highest BCUT2D eigenvalue weighted by molar-refractivity contribution is 5.94. The molecule has 1 heterocycles. The maximum absolute atomic E-state index is 11.9. The first-order chi connectivity index (χ1) is 7.54. The average molecular weight is 221 g/mol. The molecular weight excluding hydrogens is 202 g/mol. The van der Waals surface area contributed by atoms with Gasteiger partial charge in [-0.15, -0.1) is 0 Å². The third kappa shape index (κ3) is 3.31. The van der Waals surface area contributed by atoms with E-state index in [1.54, 1.807) is 13.1 Å². The average Bonchev–Trinajstić information content (AvgIpc) is 2.17. The van der Waals surface area contributed by atoms with Crippen LogP contribution in [0.25, 0.3) is 0 Å². The van der Waals surface area contributed by atoms with E-state index in [1.807, 2.05) is 32.9 Å². The van der Waals surface area contributed by atoms with Gasteiger partial charge in [0, 0.05) is 5.69 Å². The van der Waals surface area contributed by atoms with Crippen LogP contribution in [-0.2, 0) is 4.79 Å². The zero-order valence-corrected chi connectivity index (χ0v) is 10.2. The Morgan fingerprint density at radius 1 is 1.38 bits per heavy atom. The van der Waals surface area contributed by atoms with Crippen molar-refractivity contribution in [3.8, 4) is 0 Å². The Morgan fingerprint density at radius 2 is 2.06 bits per heavy atom. The second kappa shape index (κ2) is 5.61. The summed E-state index contributed by atoms with van der Waals surface area (Å²) in [7, 11) is 1.79. The number of aryl methyl sites for hydroxylation is 1. The maximum Gasteiger partial charge on any atom is 0.242 e. The molecule has 0 spiro atoms. The SMILES string of the molecule is CNC(C(=O)Nc1cccc(C)n1)C(C)C. The van der Waals surface area contributed by atoms with E-state index >= 15 is 0 Å². The molecule has 0 aliphatic carbocycles. The van der Waals surface area contributed by atoms with Crippen molar-refractivity contribution in [2.24, 2.45) is 5.92 Å². The lowest BCUT2D eigenvalue weighted by molar-refractivity contribution is -0.119. The van der Waals surface area contributed by atoms with E-state index in [1.165, 1.54) is 0 Å². The van der Waals surface area contributed by atoms with Crippen LogP contribution in [-0.4, -0.2) is 24.0 Å². The number of pyridine rings is 1. The molecule has 16 heavy (non-hydrogen) atoms. The van der Waals surface area contributed by atoms with Crippen LogP contribution >= 0.6 is 0 Å². The molecule has 0 saturated heterocycles. The number of nitrogens with zero attached hydrogens (tertiary/aromatic N) is 1. The van der Waals surface area contributed by atoms with Gasteiger partial charge >= 0.3 is 0 Å². The number of nitrogens with one attached hydrogen (secondary N) is 2. The number of hydrogen-bond acceptors (Lipinski definition) is 3. The summed E-state index contributed by atoms with van der Waals surface area (Å²) in [6.07, 6.45) is 0. The van der Waals surface area contributed by atoms with Gasteiger partial charge in [-0.25, -0.2) is 4.98 Å². The highest BCUT2D eigenvalue weighted by Crippen LogP contribution is 2.07. The molecule has 1 atom stereocenters. The third-order valence-corrected chi connectivity index (χ3v) is 2.40. The molecule has 0 bridgehead atoms. The van der Waals surface area contributed by atoms with Gasteiger partial charge in [-0.2, -0.15) is 0 Å². The van der Waals surface area contributed by atoms with Crippen LogP contribution < -0.4 is 10.6 Å². The summed E-state index contributed by atoms with van der Waals surface area (Å²) in [4.78, 5) is 16.1. The van der Waals surface area contributed by atoms with Crippen molar-refractivity contribution >= 4 is 11.7 Å². The number of anilines is 1. The Morgan fingerprint density at radius 3 is 2.56 bits per heavy atom. The highest BCUT2D eigenvalue weighted by atomic mass is 16.2. The second-order valence-corrected chi connectivity index (χ2v) is 4.16. The maximum atomic E-state index is 11.9. The fourth-order valence-electron chi connectivity index (χ4n) is 1.58. The van der Waals surface area contributed by atoms with Crippen molar-refractivity contribution in [2.75, 3.05) is 12.4 Å². The molecule has 1 aromatic heterocycles. The largest absolute Gasteiger partial charge is 0.309 e. The molecule has 88 valence electrons. The van der Waals surface area contributed by atoms with Crippen LogP contribution in [0.15, 0.2) is 18.2 Å². The molecule has 0 aliphatic heterocycles. The summed E-state index contributed by atoms with van der Waals surface area (Å²) in [5.41, 5.74) is 0.892. The molecule has 2 N–H and O–H groups in total. The Kier molecular flexibility index (Phi) is 4.43. The Bertz CT molecular complexity index is 363. The summed E-state index contributed by atoms with van der Waals surface area (Å²) in [6, 6.07) is 5.37. The minimum atomic E-state index is -0.192. The molecule has 0 fully saturated rings. The van der Waals surface area contributed by atoms with Crippen molar-refractivity contribution in [1.29, 1.82) is 0 Å². The zero-order valence-electron chi connectivity index (χ0n) is 10.2. The van der Waals surface area contributed by atoms with Crippen molar-refractivity contribution < 1.29 is 4.79 Å². The molecule has 1 rings (SSSR count). The number of carbonyl (C=O) groups is 1. The van der Waals surface area contributed by atoms with Crippen molar-refractivity contribution in [3.05, 3.63) is 23.9 Å². The van der Waals surface area contributed by atoms with Gasteiger partial charge in [-0.05, 0) is 32.0 Å². The predicted octanol–water partition coefficient (Wildman–Crippen LogP) is 1.57. The minimum absolute atomic E-state index is 0.0457. The Balaban J connectivity index is 2.70. The standard InChI is InChI=1S/C12H19N3O/c1-8(2)11(13-4)12(16)15-10-7-5-6-9(3)14-10/h5-8,11,13H,1-4H3,(H,14,15,16). The van der Waals surface area contributed by atoms with Crippen molar-refractivity contribution in [3.63, 3.8) is 0 Å². The lowest BCUT2D eigenvalue weighted by Crippen LogP contribution is -2.42. The number of amides is 1. The molecule has 1 aromatic rings. The van der Waals surface area contributed by atoms with Gasteiger partial charge < -0.3 is 10.6 Å². The van der Waals surface area contributed by atoms with E-state index in [2.05, 4.69) is 15.6 Å². The van der Waals surface area contributed by atoms with Crippen LogP contribution in [0.4, 0.5) is 5.82 Å². The van der Waals surface area contributed by atoms with Crippen LogP contribution in [0.2, 0.25) is 0 Å². The quantitative estimate of drug-likeness (QED) is 0.811. The molecule has 0 aromatic carbocycles. The van der Waals surface area contributed by atoms with Crippen LogP contribution in [0.3, 0.4) is 0 Å². The van der Waals surface area contributed by atoms with E-state index in [0.29, 0.717) is 5.82 Å². The first kappa shape index (κ1) is 12.6. The van der Waals surface area contributed by atoms with Gasteiger partial charge in [0.05, 0.1) is 6.04 Å². The van der Waals surface area contributed by atoms with Crippen molar-refractivity contribution in [2.45, 2.75) is 26.8 Å². The van der Waals surface area contributed by atoms with Gasteiger partial charge in [0.15, 0.2) is 0 Å². The van der Waals surface area contributed by atoms with E-state index in [-0.39, 0.29) is 17.9 Å². The number of likely N-dealkylation sites (N-methyl/N-ethyl adjacent to an activating group) is 1. The Labute approximate surface area is 96.5 Å². The molecule has 4 nitrogen and oxygen atoms in total. The van der Waals surface area contributed by atoms with E-state index in [9.17, 15) is 4.79 Å². The molecule has 0 saturated carbocycles. The van der Waals surface area contributed by atoms with Gasteiger partial charge in [0.2, 0.25) is 5.91 Å². The lowest BCUT2D eigenvalue weighted by atomic mass is 10.0. The predicted molar refractivity (Wildman–Crippen MR) is 65.3 cm³/mol. The second-order valence-electron chi connectivity index (χ2n) is 4.16. The normalized spacial score (nSPS) is 12.6. The van der Waals surface area contributed by atoms with Gasteiger partial charge in [0.25, 0.3) is 0 Å². The molecule has 0 aliphatic rings. The molecule has 1 unspecified atom stereocenters. The van der Waals surface area contributed by atoms with Gasteiger partial charge in [-0.1, -0.05) is 19.9 Å². The number of rotatable bonds is 4. The third-order valence-electron chi connectivity index (χ3n) is 2.40. The van der Waals surface area contributed by atoms with Crippen LogP contribution in [0.1, 0.15) is 19.5 Å². The van der Waals surface area contributed by atoms with Gasteiger partial charge in [0.1, 0.15) is 5.82 Å². The zero-order chi connectivity index (χ0) is 12.1. The summed E-state index contributed by atoms with van der Waals surface area (Å²) in [6.45, 7) is 5.91. The van der Waals surface area contributed by atoms with Crippen LogP contribution in [0, 0.1) is 12.8 Å². The lowest BCUT2D eigenvalue weighted by Gasteiger charge is -2.19. The number of aromatic nitrogens is 1. The van der Waals surface area contributed by atoms with Gasteiger partial charge in [-0.3, -0.25) is 4.79 Å². The van der Waals surface area contributed by atoms with E-state index in [4.69, 9.17) is 0 Å². The molecule has 1 amide bonds.